The highest BCUT2D eigenvalue weighted by atomic mass is 32.2. The summed E-state index contributed by atoms with van der Waals surface area (Å²) in [5.74, 6) is -1.31. The van der Waals surface area contributed by atoms with Gasteiger partial charge in [-0.1, -0.05) is 0 Å². The fraction of sp³-hybridized carbons (Fsp3) is 0.263. The minimum atomic E-state index is -4.09. The summed E-state index contributed by atoms with van der Waals surface area (Å²) in [6.45, 7) is 1.42. The first-order valence-electron chi connectivity index (χ1n) is 9.29. The van der Waals surface area contributed by atoms with Crippen molar-refractivity contribution in [3.8, 4) is 0 Å². The molecule has 1 fully saturated rings. The molecule has 0 atom stereocenters. The molecule has 3 heterocycles. The lowest BCUT2D eigenvalue weighted by molar-refractivity contribution is 0.0678. The first-order valence-corrected chi connectivity index (χ1v) is 10.8. The van der Waals surface area contributed by atoms with Crippen molar-refractivity contribution in [1.29, 1.82) is 0 Å². The number of sulfonamides is 1. The number of rotatable bonds is 5. The number of furan rings is 1. The number of nitrogens with one attached hydrogen (secondary N) is 2. The lowest BCUT2D eigenvalue weighted by atomic mass is 10.1. The first kappa shape index (κ1) is 20.1. The van der Waals surface area contributed by atoms with Crippen molar-refractivity contribution in [3.63, 3.8) is 0 Å². The molecule has 1 saturated heterocycles. The SMILES string of the molecule is O=C(NO)c1cc2ccc(S(=O)(=O)Nc3cc(F)cnc3N3CCCCC3)cc2o1. The van der Waals surface area contributed by atoms with Gasteiger partial charge < -0.3 is 9.32 Å². The monoisotopic (exact) mass is 434 g/mol. The van der Waals surface area contributed by atoms with Crippen LogP contribution in [0.15, 0.2) is 45.8 Å². The summed E-state index contributed by atoms with van der Waals surface area (Å²) in [5.41, 5.74) is 1.65. The lowest BCUT2D eigenvalue weighted by Gasteiger charge is -2.29. The van der Waals surface area contributed by atoms with Gasteiger partial charge in [-0.2, -0.15) is 0 Å². The molecule has 1 aliphatic heterocycles. The summed E-state index contributed by atoms with van der Waals surface area (Å²) in [6, 6.07) is 6.53. The minimum Gasteiger partial charge on any atom is -0.451 e. The van der Waals surface area contributed by atoms with Crippen molar-refractivity contribution >= 4 is 38.4 Å². The molecule has 3 aromatic rings. The largest absolute Gasteiger partial charge is 0.451 e. The van der Waals surface area contributed by atoms with Gasteiger partial charge in [0.25, 0.3) is 10.0 Å². The number of anilines is 2. The number of pyridine rings is 1. The second-order valence-electron chi connectivity index (χ2n) is 6.93. The van der Waals surface area contributed by atoms with Crippen molar-refractivity contribution in [3.05, 3.63) is 48.1 Å². The van der Waals surface area contributed by atoms with Crippen LogP contribution in [0.25, 0.3) is 11.0 Å². The zero-order valence-electron chi connectivity index (χ0n) is 15.8. The lowest BCUT2D eigenvalue weighted by Crippen LogP contribution is -2.31. The number of hydrogen-bond acceptors (Lipinski definition) is 7. The number of aromatic nitrogens is 1. The number of halogens is 1. The maximum absolute atomic E-state index is 13.8. The van der Waals surface area contributed by atoms with E-state index in [4.69, 9.17) is 9.62 Å². The summed E-state index contributed by atoms with van der Waals surface area (Å²) in [6.07, 6.45) is 4.04. The molecule has 0 saturated carbocycles. The van der Waals surface area contributed by atoms with Gasteiger partial charge in [0, 0.05) is 30.6 Å². The molecule has 11 heteroatoms. The molecule has 158 valence electrons. The van der Waals surface area contributed by atoms with Gasteiger partial charge in [-0.3, -0.25) is 14.7 Å². The number of carbonyl (C=O) groups is 1. The van der Waals surface area contributed by atoms with Crippen LogP contribution in [-0.2, 0) is 10.0 Å². The number of hydroxylamine groups is 1. The van der Waals surface area contributed by atoms with Gasteiger partial charge in [0.05, 0.1) is 16.8 Å². The van der Waals surface area contributed by atoms with Crippen molar-refractivity contribution in [2.24, 2.45) is 0 Å². The molecule has 9 nitrogen and oxygen atoms in total. The Labute approximate surface area is 171 Å². The number of carbonyl (C=O) groups excluding carboxylic acids is 1. The Morgan fingerprint density at radius 1 is 1.17 bits per heavy atom. The summed E-state index contributed by atoms with van der Waals surface area (Å²) < 4.78 is 47.4. The van der Waals surface area contributed by atoms with Gasteiger partial charge >= 0.3 is 5.91 Å². The van der Waals surface area contributed by atoms with E-state index in [0.29, 0.717) is 24.3 Å². The number of benzene rings is 1. The number of hydrogen-bond donors (Lipinski definition) is 3. The minimum absolute atomic E-state index is 0.0526. The van der Waals surface area contributed by atoms with E-state index in [1.165, 1.54) is 29.7 Å². The molecular weight excluding hydrogens is 415 g/mol. The predicted molar refractivity (Wildman–Crippen MR) is 107 cm³/mol. The zero-order chi connectivity index (χ0) is 21.3. The second kappa shape index (κ2) is 7.92. The highest BCUT2D eigenvalue weighted by Crippen LogP contribution is 2.30. The van der Waals surface area contributed by atoms with E-state index in [1.807, 2.05) is 4.90 Å². The molecule has 0 aliphatic carbocycles. The third-order valence-electron chi connectivity index (χ3n) is 4.86. The van der Waals surface area contributed by atoms with E-state index in [2.05, 4.69) is 9.71 Å². The Morgan fingerprint density at radius 2 is 1.93 bits per heavy atom. The maximum atomic E-state index is 13.8. The number of amides is 1. The van der Waals surface area contributed by atoms with Crippen LogP contribution in [0.5, 0.6) is 0 Å². The van der Waals surface area contributed by atoms with Crippen LogP contribution in [0.1, 0.15) is 29.8 Å². The Kier molecular flexibility index (Phi) is 5.31. The third kappa shape index (κ3) is 3.94. The summed E-state index contributed by atoms with van der Waals surface area (Å²) in [4.78, 5) is 17.4. The fourth-order valence-electron chi connectivity index (χ4n) is 3.41. The van der Waals surface area contributed by atoms with E-state index in [9.17, 15) is 17.6 Å². The molecule has 4 rings (SSSR count). The van der Waals surface area contributed by atoms with E-state index < -0.39 is 21.7 Å². The van der Waals surface area contributed by atoms with Crippen LogP contribution in [0.3, 0.4) is 0 Å². The molecule has 2 aromatic heterocycles. The first-order chi connectivity index (χ1) is 14.4. The molecule has 0 spiro atoms. The van der Waals surface area contributed by atoms with Crippen LogP contribution >= 0.6 is 0 Å². The predicted octanol–water partition coefficient (Wildman–Crippen LogP) is 2.88. The van der Waals surface area contributed by atoms with E-state index >= 15 is 0 Å². The van der Waals surface area contributed by atoms with E-state index in [0.717, 1.165) is 31.5 Å². The summed E-state index contributed by atoms with van der Waals surface area (Å²) in [5, 5.41) is 9.19. The van der Waals surface area contributed by atoms with Gasteiger partial charge in [-0.25, -0.2) is 23.3 Å². The molecular formula is C19H19FN4O5S. The van der Waals surface area contributed by atoms with Crippen LogP contribution in [0.4, 0.5) is 15.9 Å². The average molecular weight is 434 g/mol. The number of fused-ring (bicyclic) bond motifs is 1. The van der Waals surface area contributed by atoms with Crippen molar-refractivity contribution in [2.45, 2.75) is 24.2 Å². The molecule has 0 bridgehead atoms. The van der Waals surface area contributed by atoms with E-state index in [-0.39, 0.29) is 21.9 Å². The second-order valence-corrected chi connectivity index (χ2v) is 8.61. The normalized spacial score (nSPS) is 14.7. The highest BCUT2D eigenvalue weighted by molar-refractivity contribution is 7.92. The smallest absolute Gasteiger partial charge is 0.310 e. The average Bonchev–Trinajstić information content (AvgIpc) is 3.17. The quantitative estimate of drug-likeness (QED) is 0.416. The van der Waals surface area contributed by atoms with Crippen molar-refractivity contribution < 1.29 is 27.2 Å². The summed E-state index contributed by atoms with van der Waals surface area (Å²) in [7, 11) is -4.09. The Balaban J connectivity index is 1.67. The zero-order valence-corrected chi connectivity index (χ0v) is 16.6. The molecule has 30 heavy (non-hydrogen) atoms. The van der Waals surface area contributed by atoms with Gasteiger partial charge in [0.2, 0.25) is 0 Å². The van der Waals surface area contributed by atoms with Gasteiger partial charge in [0.15, 0.2) is 11.6 Å². The van der Waals surface area contributed by atoms with Crippen LogP contribution in [-0.4, -0.2) is 37.6 Å². The maximum Gasteiger partial charge on any atom is 0.310 e. The van der Waals surface area contributed by atoms with Crippen LogP contribution < -0.4 is 15.1 Å². The Bertz CT molecular complexity index is 1200. The van der Waals surface area contributed by atoms with E-state index in [1.54, 1.807) is 0 Å². The highest BCUT2D eigenvalue weighted by Gasteiger charge is 2.22. The van der Waals surface area contributed by atoms with Crippen LogP contribution in [0.2, 0.25) is 0 Å². The summed E-state index contributed by atoms with van der Waals surface area (Å²) >= 11 is 0. The Morgan fingerprint density at radius 3 is 2.67 bits per heavy atom. The molecule has 1 aliphatic rings. The van der Waals surface area contributed by atoms with Crippen molar-refractivity contribution in [1.82, 2.24) is 10.5 Å². The van der Waals surface area contributed by atoms with Crippen molar-refractivity contribution in [2.75, 3.05) is 22.7 Å². The van der Waals surface area contributed by atoms with Gasteiger partial charge in [-0.15, -0.1) is 0 Å². The molecule has 0 radical (unpaired) electrons. The number of nitrogens with zero attached hydrogens (tertiary/aromatic N) is 2. The Hall–Kier alpha value is -3.18. The molecule has 0 unspecified atom stereocenters. The standard InChI is InChI=1S/C19H19FN4O5S/c20-13-9-15(18(21-11-13)24-6-2-1-3-7-24)23-30(27,28)14-5-4-12-8-17(19(25)22-26)29-16(12)10-14/h4-5,8-11,23,26H,1-3,6-7H2,(H,22,25). The molecule has 1 amide bonds. The number of piperidine rings is 1. The van der Waals surface area contributed by atoms with Crippen LogP contribution in [0, 0.1) is 5.82 Å². The molecule has 3 N–H and O–H groups in total. The topological polar surface area (TPSA) is 125 Å². The third-order valence-corrected chi connectivity index (χ3v) is 6.22. The van der Waals surface area contributed by atoms with Gasteiger partial charge in [0.1, 0.15) is 11.4 Å². The molecule has 1 aromatic carbocycles. The fourth-order valence-corrected chi connectivity index (χ4v) is 4.48. The van der Waals surface area contributed by atoms with Gasteiger partial charge in [-0.05, 0) is 37.5 Å².